The number of carbonyl (C=O) groups is 1. The third kappa shape index (κ3) is 5.91. The van der Waals surface area contributed by atoms with Gasteiger partial charge in [-0.1, -0.05) is 24.3 Å². The van der Waals surface area contributed by atoms with Crippen LogP contribution in [0.3, 0.4) is 0 Å². The monoisotopic (exact) mass is 571 g/mol. The summed E-state index contributed by atoms with van der Waals surface area (Å²) < 4.78 is 95.3. The van der Waals surface area contributed by atoms with Crippen molar-refractivity contribution in [3.63, 3.8) is 0 Å². The van der Waals surface area contributed by atoms with Gasteiger partial charge in [0.05, 0.1) is 23.0 Å². The highest BCUT2D eigenvalue weighted by molar-refractivity contribution is 7.70. The van der Waals surface area contributed by atoms with Crippen LogP contribution >= 0.6 is 7.14 Å². The molecule has 3 N–H and O–H groups in total. The van der Waals surface area contributed by atoms with Crippen LogP contribution in [0.1, 0.15) is 12.0 Å². The SMILES string of the molecule is CP(C)(=O)c1ccccc1-c1ccc(N2CC[C@@H](NC(=O)Nc3ccc(C(F)(F)F)cc3F)C2O)c(F)c1F. The molecule has 3 aromatic rings. The van der Waals surface area contributed by atoms with Crippen molar-refractivity contribution >= 4 is 29.9 Å². The molecule has 1 aliphatic rings. The molecule has 2 amide bonds. The zero-order chi connectivity index (χ0) is 28.7. The van der Waals surface area contributed by atoms with Gasteiger partial charge in [-0.3, -0.25) is 0 Å². The predicted octanol–water partition coefficient (Wildman–Crippen LogP) is 5.76. The van der Waals surface area contributed by atoms with E-state index in [1.165, 1.54) is 31.5 Å². The minimum absolute atomic E-state index is 0.0200. The molecule has 1 heterocycles. The first-order chi connectivity index (χ1) is 18.2. The van der Waals surface area contributed by atoms with Crippen molar-refractivity contribution in [2.24, 2.45) is 0 Å². The number of amides is 2. The van der Waals surface area contributed by atoms with Crippen LogP contribution in [0.15, 0.2) is 54.6 Å². The van der Waals surface area contributed by atoms with Gasteiger partial charge in [-0.15, -0.1) is 0 Å². The maximum absolute atomic E-state index is 15.2. The van der Waals surface area contributed by atoms with Gasteiger partial charge in [-0.05, 0) is 55.6 Å². The first-order valence-electron chi connectivity index (χ1n) is 11.7. The van der Waals surface area contributed by atoms with Gasteiger partial charge in [-0.2, -0.15) is 13.2 Å². The minimum atomic E-state index is -4.76. The number of aliphatic hydroxyl groups is 1. The fourth-order valence-electron chi connectivity index (χ4n) is 4.45. The Labute approximate surface area is 220 Å². The summed E-state index contributed by atoms with van der Waals surface area (Å²) >= 11 is 0. The number of hydrogen-bond acceptors (Lipinski definition) is 4. The van der Waals surface area contributed by atoms with E-state index >= 15 is 8.78 Å². The summed E-state index contributed by atoms with van der Waals surface area (Å²) in [5.74, 6) is -3.76. The van der Waals surface area contributed by atoms with E-state index in [4.69, 9.17) is 0 Å². The van der Waals surface area contributed by atoms with E-state index < -0.39 is 60.3 Å². The number of nitrogens with one attached hydrogen (secondary N) is 2. The van der Waals surface area contributed by atoms with Crippen molar-refractivity contribution in [1.82, 2.24) is 5.32 Å². The number of halogens is 6. The molecule has 0 spiro atoms. The van der Waals surface area contributed by atoms with Gasteiger partial charge in [-0.25, -0.2) is 18.0 Å². The highest BCUT2D eigenvalue weighted by atomic mass is 31.2. The Morgan fingerprint density at radius 2 is 1.69 bits per heavy atom. The molecule has 1 aliphatic heterocycles. The van der Waals surface area contributed by atoms with Crippen molar-refractivity contribution in [3.8, 4) is 11.1 Å². The second-order valence-electron chi connectivity index (χ2n) is 9.42. The topological polar surface area (TPSA) is 81.7 Å². The molecule has 1 fully saturated rings. The van der Waals surface area contributed by atoms with Crippen molar-refractivity contribution in [1.29, 1.82) is 0 Å². The number of anilines is 2. The molecule has 4 rings (SSSR count). The van der Waals surface area contributed by atoms with E-state index in [1.54, 1.807) is 18.2 Å². The molecule has 0 saturated carbocycles. The highest BCUT2D eigenvalue weighted by Crippen LogP contribution is 2.41. The van der Waals surface area contributed by atoms with Gasteiger partial charge in [0.1, 0.15) is 19.2 Å². The fourth-order valence-corrected chi connectivity index (χ4v) is 5.67. The Bertz CT molecular complexity index is 1460. The van der Waals surface area contributed by atoms with E-state index in [1.807, 2.05) is 0 Å². The molecule has 6 nitrogen and oxygen atoms in total. The summed E-state index contributed by atoms with van der Waals surface area (Å²) in [4.78, 5) is 13.5. The highest BCUT2D eigenvalue weighted by Gasteiger charge is 2.36. The molecule has 1 unspecified atom stereocenters. The molecule has 13 heteroatoms. The molecule has 1 saturated heterocycles. The second-order valence-corrected chi connectivity index (χ2v) is 12.6. The van der Waals surface area contributed by atoms with E-state index in [-0.39, 0.29) is 35.8 Å². The van der Waals surface area contributed by atoms with Crippen molar-refractivity contribution < 1.29 is 40.8 Å². The van der Waals surface area contributed by atoms with Gasteiger partial charge >= 0.3 is 12.2 Å². The van der Waals surface area contributed by atoms with Gasteiger partial charge < -0.3 is 25.2 Å². The van der Waals surface area contributed by atoms with Crippen LogP contribution in [0, 0.1) is 17.5 Å². The zero-order valence-corrected chi connectivity index (χ0v) is 21.6. The molecular formula is C26H24F6N3O3P. The number of nitrogens with zero attached hydrogens (tertiary/aromatic N) is 1. The van der Waals surface area contributed by atoms with Gasteiger partial charge in [0, 0.05) is 17.4 Å². The lowest BCUT2D eigenvalue weighted by molar-refractivity contribution is -0.137. The first-order valence-corrected chi connectivity index (χ1v) is 14.3. The van der Waals surface area contributed by atoms with E-state index in [0.29, 0.717) is 11.4 Å². The van der Waals surface area contributed by atoms with Gasteiger partial charge in [0.15, 0.2) is 11.6 Å². The predicted molar refractivity (Wildman–Crippen MR) is 136 cm³/mol. The molecule has 0 bridgehead atoms. The number of benzene rings is 3. The standard InChI is InChI=1S/C26H24F6N3O3P/c1-39(2,38)21-6-4-3-5-15(21)16-8-10-20(23(29)22(16)28)35-12-11-19(24(35)36)34-25(37)33-18-9-7-14(13-17(18)27)26(30,31)32/h3-10,13,19,24,36H,11-12H2,1-2H3,(H2,33,34,37)/t19-,24?/m1/s1. The second kappa shape index (κ2) is 10.6. The molecule has 39 heavy (non-hydrogen) atoms. The number of aliphatic hydroxyl groups excluding tert-OH is 1. The summed E-state index contributed by atoms with van der Waals surface area (Å²) in [5, 5.41) is 15.5. The van der Waals surface area contributed by atoms with Gasteiger partial charge in [0.2, 0.25) is 0 Å². The zero-order valence-electron chi connectivity index (χ0n) is 20.7. The van der Waals surface area contributed by atoms with Gasteiger partial charge in [0.25, 0.3) is 0 Å². The summed E-state index contributed by atoms with van der Waals surface area (Å²) in [7, 11) is -2.82. The van der Waals surface area contributed by atoms with Crippen LogP contribution < -0.4 is 20.8 Å². The van der Waals surface area contributed by atoms with Crippen molar-refractivity contribution in [3.05, 3.63) is 77.6 Å². The van der Waals surface area contributed by atoms with Crippen LogP contribution in [-0.4, -0.2) is 43.3 Å². The quantitative estimate of drug-likeness (QED) is 0.269. The lowest BCUT2D eigenvalue weighted by atomic mass is 10.0. The van der Waals surface area contributed by atoms with E-state index in [9.17, 15) is 32.0 Å². The third-order valence-corrected chi connectivity index (χ3v) is 7.92. The normalized spacial score (nSPS) is 17.8. The summed E-state index contributed by atoms with van der Waals surface area (Å²) in [6.45, 7) is 3.06. The Balaban J connectivity index is 1.49. The molecule has 0 aliphatic carbocycles. The average molecular weight is 571 g/mol. The smallest absolute Gasteiger partial charge is 0.371 e. The third-order valence-electron chi connectivity index (χ3n) is 6.37. The number of rotatable bonds is 5. The Kier molecular flexibility index (Phi) is 7.73. The van der Waals surface area contributed by atoms with E-state index in [2.05, 4.69) is 10.6 Å². The molecule has 3 aromatic carbocycles. The fraction of sp³-hybridized carbons (Fsp3) is 0.269. The lowest BCUT2D eigenvalue weighted by Gasteiger charge is -2.27. The molecule has 2 atom stereocenters. The number of urea groups is 1. The maximum Gasteiger partial charge on any atom is 0.416 e. The average Bonchev–Trinajstić information content (AvgIpc) is 3.20. The number of carbonyl (C=O) groups excluding carboxylic acids is 1. The maximum atomic E-state index is 15.2. The van der Waals surface area contributed by atoms with Crippen LogP contribution in [0.25, 0.3) is 11.1 Å². The molecule has 0 radical (unpaired) electrons. The first kappa shape index (κ1) is 28.5. The Hall–Kier alpha value is -3.50. The Morgan fingerprint density at radius 3 is 2.33 bits per heavy atom. The molecule has 0 aromatic heterocycles. The number of alkyl halides is 3. The lowest BCUT2D eigenvalue weighted by Crippen LogP contribution is -2.46. The van der Waals surface area contributed by atoms with E-state index in [0.717, 1.165) is 11.0 Å². The summed E-state index contributed by atoms with van der Waals surface area (Å²) in [6, 6.07) is 8.56. The van der Waals surface area contributed by atoms with Crippen LogP contribution in [0.5, 0.6) is 0 Å². The molecule has 208 valence electrons. The van der Waals surface area contributed by atoms with Crippen LogP contribution in [-0.2, 0) is 10.7 Å². The van der Waals surface area contributed by atoms with Crippen LogP contribution in [0.2, 0.25) is 0 Å². The minimum Gasteiger partial charge on any atom is -0.371 e. The van der Waals surface area contributed by atoms with Crippen molar-refractivity contribution in [2.75, 3.05) is 30.1 Å². The van der Waals surface area contributed by atoms with Crippen molar-refractivity contribution in [2.45, 2.75) is 24.9 Å². The van der Waals surface area contributed by atoms with Crippen LogP contribution in [0.4, 0.5) is 42.5 Å². The number of hydrogen-bond donors (Lipinski definition) is 3. The largest absolute Gasteiger partial charge is 0.416 e. The Morgan fingerprint density at radius 1 is 1.00 bits per heavy atom. The summed E-state index contributed by atoms with van der Waals surface area (Å²) in [5.41, 5.74) is -1.83. The summed E-state index contributed by atoms with van der Waals surface area (Å²) in [6.07, 6.45) is -6.15. The molecular weight excluding hydrogens is 547 g/mol.